The van der Waals surface area contributed by atoms with Crippen molar-refractivity contribution >= 4 is 0 Å². The molecule has 1 aromatic carbocycles. The number of ether oxygens (including phenoxy) is 1. The summed E-state index contributed by atoms with van der Waals surface area (Å²) in [5.74, 6) is 0. The molecule has 1 aliphatic rings. The first-order chi connectivity index (χ1) is 8.24. The second kappa shape index (κ2) is 5.61. The first-order valence-corrected chi connectivity index (χ1v) is 6.31. The molecule has 94 valence electrons. The van der Waals surface area contributed by atoms with Crippen LogP contribution in [0, 0.1) is 0 Å². The molecule has 2 atom stereocenters. The van der Waals surface area contributed by atoms with E-state index in [1.807, 2.05) is 30.3 Å². The van der Waals surface area contributed by atoms with E-state index in [1.165, 1.54) is 0 Å². The molecular weight excluding hydrogens is 217 g/mol. The molecule has 2 N–H and O–H groups in total. The van der Waals surface area contributed by atoms with Gasteiger partial charge in [-0.2, -0.15) is 0 Å². The topological polar surface area (TPSA) is 35.2 Å². The fourth-order valence-corrected chi connectivity index (χ4v) is 2.36. The highest BCUT2D eigenvalue weighted by Crippen LogP contribution is 2.32. The van der Waals surface area contributed by atoms with Crippen LogP contribution in [0.4, 0.5) is 4.39 Å². The number of halogens is 1. The van der Waals surface area contributed by atoms with Crippen molar-refractivity contribution in [2.75, 3.05) is 13.2 Å². The Bertz CT molecular complexity index is 337. The van der Waals surface area contributed by atoms with Crippen LogP contribution < -0.4 is 5.73 Å². The summed E-state index contributed by atoms with van der Waals surface area (Å²) in [6.45, 7) is 0.849. The quantitative estimate of drug-likeness (QED) is 0.854. The Morgan fingerprint density at radius 1 is 1.35 bits per heavy atom. The van der Waals surface area contributed by atoms with E-state index in [0.29, 0.717) is 12.0 Å². The summed E-state index contributed by atoms with van der Waals surface area (Å²) in [6.07, 6.45) is 3.56. The Morgan fingerprint density at radius 3 is 2.71 bits per heavy atom. The summed E-state index contributed by atoms with van der Waals surface area (Å²) in [4.78, 5) is 0. The molecule has 0 bridgehead atoms. The third kappa shape index (κ3) is 3.05. The van der Waals surface area contributed by atoms with Crippen LogP contribution in [-0.2, 0) is 10.4 Å². The molecule has 1 aromatic rings. The Labute approximate surface area is 102 Å². The molecule has 0 spiro atoms. The molecule has 1 fully saturated rings. The number of nitrogens with two attached hydrogens (primary N) is 1. The van der Waals surface area contributed by atoms with Crippen molar-refractivity contribution in [1.29, 1.82) is 0 Å². The maximum atomic E-state index is 14.7. The number of alkyl halides is 1. The molecule has 2 rings (SSSR count). The molecule has 2 unspecified atom stereocenters. The molecule has 1 heterocycles. The van der Waals surface area contributed by atoms with Gasteiger partial charge >= 0.3 is 0 Å². The Morgan fingerprint density at radius 2 is 2.12 bits per heavy atom. The third-order valence-electron chi connectivity index (χ3n) is 3.50. The van der Waals surface area contributed by atoms with Gasteiger partial charge in [0.2, 0.25) is 0 Å². The summed E-state index contributed by atoms with van der Waals surface area (Å²) in [6, 6.07) is 9.21. The van der Waals surface area contributed by atoms with Gasteiger partial charge < -0.3 is 10.5 Å². The van der Waals surface area contributed by atoms with Crippen molar-refractivity contribution < 1.29 is 9.13 Å². The zero-order chi connectivity index (χ0) is 12.1. The number of rotatable bonds is 5. The summed E-state index contributed by atoms with van der Waals surface area (Å²) in [5.41, 5.74) is 4.88. The van der Waals surface area contributed by atoms with Crippen molar-refractivity contribution in [2.45, 2.75) is 37.5 Å². The fourth-order valence-electron chi connectivity index (χ4n) is 2.36. The van der Waals surface area contributed by atoms with Gasteiger partial charge in [-0.3, -0.25) is 0 Å². The summed E-state index contributed by atoms with van der Waals surface area (Å²) >= 11 is 0. The molecule has 0 amide bonds. The predicted molar refractivity (Wildman–Crippen MR) is 66.5 cm³/mol. The van der Waals surface area contributed by atoms with Crippen LogP contribution in [0.1, 0.15) is 31.2 Å². The lowest BCUT2D eigenvalue weighted by atomic mass is 9.89. The second-order valence-electron chi connectivity index (χ2n) is 4.71. The zero-order valence-corrected chi connectivity index (χ0v) is 10.1. The van der Waals surface area contributed by atoms with E-state index in [-0.39, 0.29) is 12.6 Å². The number of hydrogen-bond acceptors (Lipinski definition) is 2. The lowest BCUT2D eigenvalue weighted by Gasteiger charge is -2.25. The van der Waals surface area contributed by atoms with E-state index in [0.717, 1.165) is 25.9 Å². The van der Waals surface area contributed by atoms with Gasteiger partial charge in [0.15, 0.2) is 0 Å². The molecule has 2 nitrogen and oxygen atoms in total. The smallest absolute Gasteiger partial charge is 0.148 e. The normalized spacial score (nSPS) is 23.5. The highest BCUT2D eigenvalue weighted by atomic mass is 19.1. The lowest BCUT2D eigenvalue weighted by molar-refractivity contribution is 0.0744. The largest absolute Gasteiger partial charge is 0.378 e. The van der Waals surface area contributed by atoms with Gasteiger partial charge in [0.05, 0.1) is 6.10 Å². The van der Waals surface area contributed by atoms with Gasteiger partial charge in [-0.1, -0.05) is 30.3 Å². The molecule has 0 aromatic heterocycles. The van der Waals surface area contributed by atoms with Gasteiger partial charge in [0.1, 0.15) is 5.67 Å². The lowest BCUT2D eigenvalue weighted by Crippen LogP contribution is -2.31. The van der Waals surface area contributed by atoms with Crippen molar-refractivity contribution in [3.8, 4) is 0 Å². The number of hydrogen-bond donors (Lipinski definition) is 1. The number of benzene rings is 1. The van der Waals surface area contributed by atoms with Crippen LogP contribution in [0.2, 0.25) is 0 Å². The molecule has 0 aliphatic carbocycles. The fraction of sp³-hybridized carbons (Fsp3) is 0.571. The summed E-state index contributed by atoms with van der Waals surface area (Å²) in [5, 5.41) is 0. The predicted octanol–water partition coefficient (Wildman–Crippen LogP) is 2.77. The highest BCUT2D eigenvalue weighted by molar-refractivity contribution is 5.22. The van der Waals surface area contributed by atoms with Gasteiger partial charge in [-0.25, -0.2) is 4.39 Å². The minimum Gasteiger partial charge on any atom is -0.378 e. The molecule has 1 saturated heterocycles. The average Bonchev–Trinajstić information content (AvgIpc) is 2.90. The van der Waals surface area contributed by atoms with E-state index in [9.17, 15) is 4.39 Å². The zero-order valence-electron chi connectivity index (χ0n) is 10.1. The monoisotopic (exact) mass is 237 g/mol. The molecule has 0 radical (unpaired) electrons. The van der Waals surface area contributed by atoms with Crippen LogP contribution in [0.25, 0.3) is 0 Å². The average molecular weight is 237 g/mol. The summed E-state index contributed by atoms with van der Waals surface area (Å²) < 4.78 is 20.2. The molecule has 17 heavy (non-hydrogen) atoms. The SMILES string of the molecule is NCC(F)(CCC1CCCO1)c1ccccc1. The van der Waals surface area contributed by atoms with E-state index in [4.69, 9.17) is 10.5 Å². The van der Waals surface area contributed by atoms with Crippen molar-refractivity contribution in [1.82, 2.24) is 0 Å². The van der Waals surface area contributed by atoms with E-state index >= 15 is 0 Å². The standard InChI is InChI=1S/C14H20FNO/c15-14(11-16,12-5-2-1-3-6-12)9-8-13-7-4-10-17-13/h1-3,5-6,13H,4,7-11,16H2. The van der Waals surface area contributed by atoms with E-state index < -0.39 is 5.67 Å². The van der Waals surface area contributed by atoms with Crippen molar-refractivity contribution in [3.63, 3.8) is 0 Å². The first-order valence-electron chi connectivity index (χ1n) is 6.31. The van der Waals surface area contributed by atoms with Crippen LogP contribution in [0.15, 0.2) is 30.3 Å². The maximum Gasteiger partial charge on any atom is 0.148 e. The minimum absolute atomic E-state index is 0.0315. The summed E-state index contributed by atoms with van der Waals surface area (Å²) in [7, 11) is 0. The van der Waals surface area contributed by atoms with Gasteiger partial charge in [0.25, 0.3) is 0 Å². The van der Waals surface area contributed by atoms with Crippen molar-refractivity contribution in [3.05, 3.63) is 35.9 Å². The Kier molecular flexibility index (Phi) is 4.13. The van der Waals surface area contributed by atoms with Crippen LogP contribution in [0.5, 0.6) is 0 Å². The molecule has 3 heteroatoms. The second-order valence-corrected chi connectivity index (χ2v) is 4.71. The van der Waals surface area contributed by atoms with Crippen molar-refractivity contribution in [2.24, 2.45) is 5.73 Å². The van der Waals surface area contributed by atoms with E-state index in [2.05, 4.69) is 0 Å². The van der Waals surface area contributed by atoms with Crippen LogP contribution >= 0.6 is 0 Å². The van der Waals surface area contributed by atoms with Gasteiger partial charge in [-0.05, 0) is 31.2 Å². The molecule has 0 saturated carbocycles. The highest BCUT2D eigenvalue weighted by Gasteiger charge is 2.31. The van der Waals surface area contributed by atoms with Crippen LogP contribution in [0.3, 0.4) is 0 Å². The first kappa shape index (κ1) is 12.5. The van der Waals surface area contributed by atoms with Gasteiger partial charge in [0, 0.05) is 13.2 Å². The minimum atomic E-state index is -1.41. The Balaban J connectivity index is 1.98. The molecule has 1 aliphatic heterocycles. The van der Waals surface area contributed by atoms with Crippen LogP contribution in [-0.4, -0.2) is 19.3 Å². The maximum absolute atomic E-state index is 14.7. The van der Waals surface area contributed by atoms with Gasteiger partial charge in [-0.15, -0.1) is 0 Å². The molecular formula is C14H20FNO. The Hall–Kier alpha value is -0.930. The third-order valence-corrected chi connectivity index (χ3v) is 3.50. The van der Waals surface area contributed by atoms with E-state index in [1.54, 1.807) is 0 Å².